The van der Waals surface area contributed by atoms with Gasteiger partial charge in [-0.2, -0.15) is 0 Å². The molecule has 0 aliphatic heterocycles. The molecular weight excluding hydrogens is 452 g/mol. The minimum absolute atomic E-state index is 0.0750. The summed E-state index contributed by atoms with van der Waals surface area (Å²) in [7, 11) is 3.24. The van der Waals surface area contributed by atoms with E-state index in [1.165, 1.54) is 22.5 Å². The molecule has 3 aromatic carbocycles. The third-order valence-corrected chi connectivity index (χ3v) is 7.08. The highest BCUT2D eigenvalue weighted by Gasteiger charge is 2.17. The molecule has 4 aromatic rings. The van der Waals surface area contributed by atoms with E-state index in [9.17, 15) is 4.79 Å². The number of thioether (sulfide) groups is 1. The van der Waals surface area contributed by atoms with Crippen LogP contribution < -0.4 is 14.8 Å². The fraction of sp³-hybridized carbons (Fsp3) is 0.154. The third kappa shape index (κ3) is 5.74. The van der Waals surface area contributed by atoms with Gasteiger partial charge in [0.15, 0.2) is 5.13 Å². The van der Waals surface area contributed by atoms with E-state index >= 15 is 0 Å². The van der Waals surface area contributed by atoms with Crippen molar-refractivity contribution in [1.29, 1.82) is 0 Å². The first-order valence-electron chi connectivity index (χ1n) is 10.4. The largest absolute Gasteiger partial charge is 0.497 e. The Morgan fingerprint density at radius 2 is 1.64 bits per heavy atom. The van der Waals surface area contributed by atoms with Crippen LogP contribution in [0.15, 0.2) is 84.2 Å². The Labute approximate surface area is 201 Å². The predicted molar refractivity (Wildman–Crippen MR) is 136 cm³/mol. The third-order valence-electron chi connectivity index (χ3n) is 5.02. The van der Waals surface area contributed by atoms with Crippen LogP contribution in [0.1, 0.15) is 16.4 Å². The molecule has 0 bridgehead atoms. The van der Waals surface area contributed by atoms with Crippen molar-refractivity contribution in [3.8, 4) is 22.8 Å². The highest BCUT2D eigenvalue weighted by molar-refractivity contribution is 8.00. The Kier molecular flexibility index (Phi) is 7.65. The lowest BCUT2D eigenvalue weighted by molar-refractivity contribution is -0.113. The molecule has 1 N–H and O–H groups in total. The van der Waals surface area contributed by atoms with Crippen LogP contribution in [0.5, 0.6) is 11.5 Å². The predicted octanol–water partition coefficient (Wildman–Crippen LogP) is 6.29. The van der Waals surface area contributed by atoms with Gasteiger partial charge >= 0.3 is 0 Å². The summed E-state index contributed by atoms with van der Waals surface area (Å²) in [4.78, 5) is 17.3. The number of thiazole rings is 1. The van der Waals surface area contributed by atoms with Gasteiger partial charge in [-0.25, -0.2) is 4.98 Å². The summed E-state index contributed by atoms with van der Waals surface area (Å²) in [5.74, 6) is 1.64. The first kappa shape index (κ1) is 22.9. The second-order valence-electron chi connectivity index (χ2n) is 7.16. The molecule has 1 heterocycles. The number of ether oxygens (including phenoxy) is 2. The number of nitrogens with zero attached hydrogens (tertiary/aromatic N) is 1. The molecule has 7 heteroatoms. The van der Waals surface area contributed by atoms with Crippen LogP contribution in [-0.2, 0) is 4.79 Å². The minimum Gasteiger partial charge on any atom is -0.497 e. The van der Waals surface area contributed by atoms with Crippen LogP contribution in [0, 0.1) is 0 Å². The molecule has 0 spiro atoms. The zero-order valence-corrected chi connectivity index (χ0v) is 20.0. The summed E-state index contributed by atoms with van der Waals surface area (Å²) in [6.45, 7) is 0. The zero-order chi connectivity index (χ0) is 23.0. The van der Waals surface area contributed by atoms with Gasteiger partial charge in [-0.15, -0.1) is 23.1 Å². The number of nitrogens with one attached hydrogen (secondary N) is 1. The highest BCUT2D eigenvalue weighted by atomic mass is 32.2. The maximum absolute atomic E-state index is 12.7. The maximum atomic E-state index is 12.7. The first-order valence-corrected chi connectivity index (χ1v) is 12.3. The van der Waals surface area contributed by atoms with Crippen LogP contribution in [0.4, 0.5) is 5.13 Å². The van der Waals surface area contributed by atoms with Gasteiger partial charge in [-0.3, -0.25) is 4.79 Å². The van der Waals surface area contributed by atoms with Crippen LogP contribution in [0.2, 0.25) is 0 Å². The van der Waals surface area contributed by atoms with Crippen LogP contribution in [0.25, 0.3) is 11.3 Å². The standard InChI is InChI=1S/C26H24N2O3S2/c1-30-20-13-14-23(31-2)21(15-20)22-16-33-26(27-22)28-24(29)17-32-25(18-9-5-3-6-10-18)19-11-7-4-8-12-19/h3-16,25H,17H2,1-2H3,(H,27,28,29). The zero-order valence-electron chi connectivity index (χ0n) is 18.4. The SMILES string of the molecule is COc1ccc(OC)c(-c2csc(NC(=O)CSC(c3ccccc3)c3ccccc3)n2)c1. The number of rotatable bonds is 9. The molecule has 0 aliphatic rings. The number of benzene rings is 3. The molecular formula is C26H24N2O3S2. The summed E-state index contributed by atoms with van der Waals surface area (Å²) < 4.78 is 10.8. The normalized spacial score (nSPS) is 10.8. The lowest BCUT2D eigenvalue weighted by atomic mass is 10.0. The fourth-order valence-corrected chi connectivity index (χ4v) is 5.24. The minimum atomic E-state index is -0.0876. The highest BCUT2D eigenvalue weighted by Crippen LogP contribution is 2.37. The van der Waals surface area contributed by atoms with Crippen molar-refractivity contribution in [2.24, 2.45) is 0 Å². The van der Waals surface area contributed by atoms with E-state index < -0.39 is 0 Å². The monoisotopic (exact) mass is 476 g/mol. The van der Waals surface area contributed by atoms with Gasteiger partial charge in [-0.05, 0) is 29.3 Å². The van der Waals surface area contributed by atoms with Crippen molar-refractivity contribution in [3.63, 3.8) is 0 Å². The van der Waals surface area contributed by atoms with Crippen LogP contribution in [-0.4, -0.2) is 30.9 Å². The Morgan fingerprint density at radius 3 is 2.24 bits per heavy atom. The summed E-state index contributed by atoms with van der Waals surface area (Å²) >= 11 is 2.98. The van der Waals surface area contributed by atoms with Crippen LogP contribution in [0.3, 0.4) is 0 Å². The van der Waals surface area contributed by atoms with Gasteiger partial charge < -0.3 is 14.8 Å². The lowest BCUT2D eigenvalue weighted by Crippen LogP contribution is -2.15. The molecule has 0 atom stereocenters. The molecule has 0 saturated heterocycles. The second kappa shape index (κ2) is 11.0. The summed E-state index contributed by atoms with van der Waals surface area (Å²) in [6.07, 6.45) is 0. The van der Waals surface area contributed by atoms with E-state index in [1.807, 2.05) is 60.0 Å². The Balaban J connectivity index is 1.45. The van der Waals surface area contributed by atoms with E-state index in [1.54, 1.807) is 26.0 Å². The van der Waals surface area contributed by atoms with Crippen molar-refractivity contribution >= 4 is 34.1 Å². The van der Waals surface area contributed by atoms with E-state index in [-0.39, 0.29) is 11.2 Å². The van der Waals surface area contributed by atoms with Gasteiger partial charge in [0, 0.05) is 10.9 Å². The topological polar surface area (TPSA) is 60.5 Å². The van der Waals surface area contributed by atoms with Gasteiger partial charge in [-0.1, -0.05) is 60.7 Å². The van der Waals surface area contributed by atoms with E-state index in [2.05, 4.69) is 34.6 Å². The molecule has 0 radical (unpaired) electrons. The molecule has 1 amide bonds. The van der Waals surface area contributed by atoms with Crippen molar-refractivity contribution < 1.29 is 14.3 Å². The summed E-state index contributed by atoms with van der Waals surface area (Å²) in [6, 6.07) is 26.0. The molecule has 0 fully saturated rings. The number of hydrogen-bond donors (Lipinski definition) is 1. The maximum Gasteiger partial charge on any atom is 0.236 e. The number of hydrogen-bond acceptors (Lipinski definition) is 6. The number of carbonyl (C=O) groups excluding carboxylic acids is 1. The van der Waals surface area contributed by atoms with Gasteiger partial charge in [0.2, 0.25) is 5.91 Å². The lowest BCUT2D eigenvalue weighted by Gasteiger charge is -2.17. The van der Waals surface area contributed by atoms with E-state index in [4.69, 9.17) is 9.47 Å². The van der Waals surface area contributed by atoms with Gasteiger partial charge in [0.1, 0.15) is 11.5 Å². The average Bonchev–Trinajstić information content (AvgIpc) is 3.33. The molecule has 168 valence electrons. The molecule has 33 heavy (non-hydrogen) atoms. The number of anilines is 1. The second-order valence-corrected chi connectivity index (χ2v) is 9.12. The number of aromatic nitrogens is 1. The number of carbonyl (C=O) groups is 1. The van der Waals surface area contributed by atoms with Crippen molar-refractivity contribution in [1.82, 2.24) is 4.98 Å². The van der Waals surface area contributed by atoms with Crippen molar-refractivity contribution in [2.45, 2.75) is 5.25 Å². The fourth-order valence-electron chi connectivity index (χ4n) is 3.42. The first-order chi connectivity index (χ1) is 16.2. The molecule has 0 saturated carbocycles. The molecule has 0 aliphatic carbocycles. The van der Waals surface area contributed by atoms with E-state index in [0.29, 0.717) is 22.4 Å². The van der Waals surface area contributed by atoms with Crippen LogP contribution >= 0.6 is 23.1 Å². The summed E-state index contributed by atoms with van der Waals surface area (Å²) in [5.41, 5.74) is 3.88. The Bertz CT molecular complexity index is 1160. The number of amides is 1. The Morgan fingerprint density at radius 1 is 0.970 bits per heavy atom. The molecule has 0 unspecified atom stereocenters. The average molecular weight is 477 g/mol. The van der Waals surface area contributed by atoms with Gasteiger partial charge in [0.05, 0.1) is 30.9 Å². The number of methoxy groups -OCH3 is 2. The molecule has 1 aromatic heterocycles. The van der Waals surface area contributed by atoms with Gasteiger partial charge in [0.25, 0.3) is 0 Å². The van der Waals surface area contributed by atoms with Crippen molar-refractivity contribution in [3.05, 3.63) is 95.4 Å². The Hall–Kier alpha value is -3.29. The quantitative estimate of drug-likeness (QED) is 0.308. The molecule has 4 rings (SSSR count). The summed E-state index contributed by atoms with van der Waals surface area (Å²) in [5, 5.41) is 5.46. The van der Waals surface area contributed by atoms with E-state index in [0.717, 1.165) is 11.3 Å². The smallest absolute Gasteiger partial charge is 0.236 e. The van der Waals surface area contributed by atoms with Crippen molar-refractivity contribution in [2.75, 3.05) is 25.3 Å². The molecule has 5 nitrogen and oxygen atoms in total.